The summed E-state index contributed by atoms with van der Waals surface area (Å²) in [6.45, 7) is 26.5. The molecule has 5 aliphatic rings. The minimum atomic E-state index is -1.26. The maximum Gasteiger partial charge on any atom is 0.309 e. The molecule has 5 rings (SSSR count). The summed E-state index contributed by atoms with van der Waals surface area (Å²) < 4.78 is 35.0. The van der Waals surface area contributed by atoms with Gasteiger partial charge >= 0.3 is 5.97 Å². The van der Waals surface area contributed by atoms with Gasteiger partial charge in [0, 0.05) is 36.1 Å². The van der Waals surface area contributed by atoms with Crippen LogP contribution < -0.4 is 5.32 Å². The highest BCUT2D eigenvalue weighted by Crippen LogP contribution is 2.52. The Labute approximate surface area is 356 Å². The standard InChI is InChI=1S/C48H83NO10/c1-13-36(44(52)53)38-22-21-28(5)42(56-38)32(9)40(50)31(8)41(51)37(14-2)43-29(6)27-30(7)47(16-4,57-43)59-48(33(10)49-35-19-17-18-20-35)26-25-45(12,58-48)39-23-24-46(54,15-3)34(11)55-39/h16,28-40,42-43,49-50,54H,4,13-15,17-27H2,1-3,5-12H3,(H,52,53)/t28-,29-,30+,31-,32-,33+,34-,36?,37-,38+,39+,40+,42?,43-,45-,46+,47-,48-/m0/s1. The molecule has 4 saturated heterocycles. The number of carboxylic acid groups (broad SMARTS) is 1. The van der Waals surface area contributed by atoms with Crippen LogP contribution in [0.2, 0.25) is 0 Å². The van der Waals surface area contributed by atoms with Crippen molar-refractivity contribution in [2.45, 2.75) is 238 Å². The van der Waals surface area contributed by atoms with Crippen LogP contribution in [0, 0.1) is 41.4 Å². The number of Topliss-reactive ketones (excluding diaryl/α,β-unsaturated/α-hetero) is 1. The summed E-state index contributed by atoms with van der Waals surface area (Å²) in [7, 11) is 0. The van der Waals surface area contributed by atoms with Gasteiger partial charge in [0.15, 0.2) is 11.6 Å². The number of aliphatic carboxylic acids is 1. The zero-order valence-corrected chi connectivity index (χ0v) is 38.5. The second kappa shape index (κ2) is 19.5. The number of ether oxygens (including phenoxy) is 5. The molecule has 340 valence electrons. The molecule has 11 nitrogen and oxygen atoms in total. The number of nitrogens with one attached hydrogen (secondary N) is 1. The molecule has 5 fully saturated rings. The predicted octanol–water partition coefficient (Wildman–Crippen LogP) is 8.36. The fourth-order valence-electron chi connectivity index (χ4n) is 11.9. The van der Waals surface area contributed by atoms with Crippen molar-refractivity contribution in [3.8, 4) is 0 Å². The van der Waals surface area contributed by atoms with E-state index in [0.29, 0.717) is 57.4 Å². The molecular weight excluding hydrogens is 751 g/mol. The van der Waals surface area contributed by atoms with E-state index in [2.05, 4.69) is 46.5 Å². The number of aliphatic hydroxyl groups excluding tert-OH is 1. The number of aliphatic hydroxyl groups is 2. The van der Waals surface area contributed by atoms with Crippen molar-refractivity contribution in [1.82, 2.24) is 5.32 Å². The molecule has 2 unspecified atom stereocenters. The Morgan fingerprint density at radius 1 is 0.898 bits per heavy atom. The molecule has 0 spiro atoms. The topological polar surface area (TPSA) is 153 Å². The van der Waals surface area contributed by atoms with Crippen LogP contribution >= 0.6 is 0 Å². The third-order valence-corrected chi connectivity index (χ3v) is 16.3. The van der Waals surface area contributed by atoms with Crippen molar-refractivity contribution >= 4 is 11.8 Å². The van der Waals surface area contributed by atoms with Gasteiger partial charge in [-0.15, -0.1) is 0 Å². The van der Waals surface area contributed by atoms with Gasteiger partial charge in [-0.1, -0.05) is 74.8 Å². The SMILES string of the molecule is C=C[C@@]1(O[C@]2([C@@H](C)NC3CCCC3)CC[C@@](C)([C@H]3CC[C@](O)(CC)[C@H](C)O3)O2)O[C@H]([C@@H](CC)C(=O)[C@@H](C)[C@@H](O)[C@H](C)C2O[C@@H](C(CC)C(=O)O)CC[C@@H]2C)[C@@H](C)C[C@H]1C. The predicted molar refractivity (Wildman–Crippen MR) is 229 cm³/mol. The van der Waals surface area contributed by atoms with Crippen LogP contribution in [0.1, 0.15) is 166 Å². The summed E-state index contributed by atoms with van der Waals surface area (Å²) >= 11 is 0. The first-order chi connectivity index (χ1) is 27.7. The highest BCUT2D eigenvalue weighted by atomic mass is 16.8. The highest BCUT2D eigenvalue weighted by Gasteiger charge is 2.61. The second-order valence-electron chi connectivity index (χ2n) is 20.2. The van der Waals surface area contributed by atoms with E-state index in [-0.39, 0.29) is 53.8 Å². The van der Waals surface area contributed by atoms with Crippen LogP contribution in [0.25, 0.3) is 0 Å². The number of rotatable bonds is 18. The molecule has 59 heavy (non-hydrogen) atoms. The van der Waals surface area contributed by atoms with Gasteiger partial charge < -0.3 is 44.3 Å². The summed E-state index contributed by atoms with van der Waals surface area (Å²) in [4.78, 5) is 26.7. The Balaban J connectivity index is 1.38. The number of hydrogen-bond donors (Lipinski definition) is 4. The molecule has 11 heteroatoms. The molecule has 0 aromatic carbocycles. The molecule has 1 aliphatic carbocycles. The van der Waals surface area contributed by atoms with Crippen LogP contribution in [0.4, 0.5) is 0 Å². The molecule has 1 saturated carbocycles. The molecule has 0 aromatic heterocycles. The molecule has 0 aromatic rings. The quantitative estimate of drug-likeness (QED) is 0.0986. The van der Waals surface area contributed by atoms with Crippen molar-refractivity contribution in [3.63, 3.8) is 0 Å². The third-order valence-electron chi connectivity index (χ3n) is 16.3. The zero-order chi connectivity index (χ0) is 43.7. The van der Waals surface area contributed by atoms with Gasteiger partial charge in [0.05, 0.1) is 59.8 Å². The molecule has 0 bridgehead atoms. The third kappa shape index (κ3) is 9.88. The minimum Gasteiger partial charge on any atom is -0.481 e. The van der Waals surface area contributed by atoms with E-state index in [4.69, 9.17) is 23.7 Å². The summed E-state index contributed by atoms with van der Waals surface area (Å²) in [5.74, 6) is -5.44. The number of ketones is 1. The zero-order valence-electron chi connectivity index (χ0n) is 38.5. The number of hydrogen-bond acceptors (Lipinski definition) is 10. The summed E-state index contributed by atoms with van der Waals surface area (Å²) in [6, 6.07) is 0.165. The van der Waals surface area contributed by atoms with Gasteiger partial charge in [-0.3, -0.25) is 9.59 Å². The summed E-state index contributed by atoms with van der Waals surface area (Å²) in [5.41, 5.74) is -1.53. The van der Waals surface area contributed by atoms with E-state index in [1.807, 2.05) is 41.5 Å². The van der Waals surface area contributed by atoms with Crippen LogP contribution in [0.3, 0.4) is 0 Å². The van der Waals surface area contributed by atoms with Gasteiger partial charge in [0.1, 0.15) is 5.78 Å². The van der Waals surface area contributed by atoms with E-state index in [1.54, 1.807) is 6.08 Å². The second-order valence-corrected chi connectivity index (χ2v) is 20.2. The van der Waals surface area contributed by atoms with Gasteiger partial charge in [-0.2, -0.15) is 0 Å². The Bertz CT molecular complexity index is 1420. The fraction of sp³-hybridized carbons (Fsp3) is 0.917. The van der Waals surface area contributed by atoms with Gasteiger partial charge in [-0.05, 0) is 109 Å². The van der Waals surface area contributed by atoms with E-state index in [9.17, 15) is 24.9 Å². The van der Waals surface area contributed by atoms with Crippen LogP contribution in [0.15, 0.2) is 12.7 Å². The lowest BCUT2D eigenvalue weighted by Crippen LogP contribution is -2.63. The lowest BCUT2D eigenvalue weighted by Gasteiger charge is -2.53. The molecule has 4 heterocycles. The fourth-order valence-corrected chi connectivity index (χ4v) is 11.9. The Morgan fingerprint density at radius 2 is 1.56 bits per heavy atom. The highest BCUT2D eigenvalue weighted by molar-refractivity contribution is 5.84. The van der Waals surface area contributed by atoms with Crippen LogP contribution in [0.5, 0.6) is 0 Å². The average molecular weight is 834 g/mol. The summed E-state index contributed by atoms with van der Waals surface area (Å²) in [6.07, 6.45) is 10.0. The van der Waals surface area contributed by atoms with Crippen molar-refractivity contribution in [2.24, 2.45) is 41.4 Å². The van der Waals surface area contributed by atoms with E-state index in [0.717, 1.165) is 25.7 Å². The van der Waals surface area contributed by atoms with Crippen LogP contribution in [-0.2, 0) is 33.3 Å². The first kappa shape index (κ1) is 48.6. The average Bonchev–Trinajstić information content (AvgIpc) is 3.85. The van der Waals surface area contributed by atoms with Crippen molar-refractivity contribution in [3.05, 3.63) is 12.7 Å². The Hall–Kier alpha value is -1.44. The van der Waals surface area contributed by atoms with Crippen molar-refractivity contribution in [1.29, 1.82) is 0 Å². The van der Waals surface area contributed by atoms with Crippen LogP contribution in [-0.4, -0.2) is 98.6 Å². The van der Waals surface area contributed by atoms with Crippen molar-refractivity contribution in [2.75, 3.05) is 0 Å². The maximum atomic E-state index is 14.7. The lowest BCUT2D eigenvalue weighted by atomic mass is 9.73. The van der Waals surface area contributed by atoms with Crippen molar-refractivity contribution < 1.29 is 48.6 Å². The molecule has 18 atom stereocenters. The van der Waals surface area contributed by atoms with E-state index >= 15 is 0 Å². The molecule has 4 aliphatic heterocycles. The lowest BCUT2D eigenvalue weighted by molar-refractivity contribution is -0.395. The number of carbonyl (C=O) groups excluding carboxylic acids is 1. The van der Waals surface area contributed by atoms with E-state index in [1.165, 1.54) is 12.8 Å². The normalized spacial score (nSPS) is 42.7. The van der Waals surface area contributed by atoms with Gasteiger partial charge in [0.2, 0.25) is 0 Å². The Kier molecular flexibility index (Phi) is 16.1. The summed E-state index contributed by atoms with van der Waals surface area (Å²) in [5, 5.41) is 36.9. The van der Waals surface area contributed by atoms with E-state index < -0.39 is 64.8 Å². The minimum absolute atomic E-state index is 0.0241. The molecule has 0 amide bonds. The first-order valence-corrected chi connectivity index (χ1v) is 23.7. The molecular formula is C48H83NO10. The number of carbonyl (C=O) groups is 2. The number of carboxylic acids is 1. The van der Waals surface area contributed by atoms with Gasteiger partial charge in [-0.25, -0.2) is 0 Å². The molecule has 4 N–H and O–H groups in total. The monoisotopic (exact) mass is 834 g/mol. The largest absolute Gasteiger partial charge is 0.481 e. The Morgan fingerprint density at radius 3 is 2.14 bits per heavy atom. The first-order valence-electron chi connectivity index (χ1n) is 23.7. The molecule has 0 radical (unpaired) electrons. The maximum absolute atomic E-state index is 14.7. The smallest absolute Gasteiger partial charge is 0.309 e. The van der Waals surface area contributed by atoms with Gasteiger partial charge in [0.25, 0.3) is 0 Å².